The highest BCUT2D eigenvalue weighted by molar-refractivity contribution is 5.80. The molecule has 1 aromatic heterocycles. The number of rotatable bonds is 2. The van der Waals surface area contributed by atoms with Gasteiger partial charge in [0.05, 0.1) is 5.69 Å². The Bertz CT molecular complexity index is 1170. The number of phenolic OH excluding ortho intramolecular Hbond substituents is 2. The maximum Gasteiger partial charge on any atom is 0.490 e. The normalized spacial score (nSPS) is 10.5. The van der Waals surface area contributed by atoms with Crippen molar-refractivity contribution in [3.05, 3.63) is 59.9 Å². The lowest BCUT2D eigenvalue weighted by molar-refractivity contribution is -0.192. The van der Waals surface area contributed by atoms with Gasteiger partial charge in [0.15, 0.2) is 11.5 Å². The van der Waals surface area contributed by atoms with Gasteiger partial charge >= 0.3 is 12.1 Å². The van der Waals surface area contributed by atoms with E-state index in [-0.39, 0.29) is 28.4 Å². The van der Waals surface area contributed by atoms with Crippen LogP contribution in [-0.2, 0) is 4.79 Å². The quantitative estimate of drug-likeness (QED) is 0.352. The number of nitriles is 1. The van der Waals surface area contributed by atoms with Crippen molar-refractivity contribution in [3.8, 4) is 40.0 Å². The van der Waals surface area contributed by atoms with E-state index in [1.54, 1.807) is 18.2 Å². The number of aliphatic carboxylic acids is 1. The highest BCUT2D eigenvalue weighted by Crippen LogP contribution is 2.35. The third-order valence-electron chi connectivity index (χ3n) is 3.84. The molecule has 0 spiro atoms. The van der Waals surface area contributed by atoms with E-state index in [2.05, 4.69) is 4.98 Å². The number of nitrogens with two attached hydrogens (primary N) is 1. The van der Waals surface area contributed by atoms with Crippen molar-refractivity contribution in [2.45, 2.75) is 6.18 Å². The van der Waals surface area contributed by atoms with Gasteiger partial charge in [-0.05, 0) is 30.3 Å². The van der Waals surface area contributed by atoms with E-state index in [1.807, 2.05) is 6.07 Å². The summed E-state index contributed by atoms with van der Waals surface area (Å²) in [4.78, 5) is 13.0. The smallest absolute Gasteiger partial charge is 0.490 e. The molecule has 0 aliphatic rings. The molecule has 0 bridgehead atoms. The Morgan fingerprint density at radius 3 is 2.16 bits per heavy atom. The number of nitrogen functional groups attached to an aromatic ring is 1. The second-order valence-electron chi connectivity index (χ2n) is 5.91. The van der Waals surface area contributed by atoms with Crippen LogP contribution in [0.4, 0.5) is 23.4 Å². The minimum Gasteiger partial charge on any atom is -0.504 e. The van der Waals surface area contributed by atoms with Gasteiger partial charge in [-0.25, -0.2) is 14.2 Å². The fourth-order valence-corrected chi connectivity index (χ4v) is 2.41. The molecule has 11 heteroatoms. The number of anilines is 1. The summed E-state index contributed by atoms with van der Waals surface area (Å²) in [7, 11) is 0. The second kappa shape index (κ2) is 9.00. The predicted molar refractivity (Wildman–Crippen MR) is 101 cm³/mol. The predicted octanol–water partition coefficient (Wildman–Crippen LogP) is 4.05. The third-order valence-corrected chi connectivity index (χ3v) is 3.84. The summed E-state index contributed by atoms with van der Waals surface area (Å²) < 4.78 is 45.9. The Labute approximate surface area is 172 Å². The zero-order valence-corrected chi connectivity index (χ0v) is 15.4. The molecule has 0 unspecified atom stereocenters. The summed E-state index contributed by atoms with van der Waals surface area (Å²) in [6.07, 6.45) is -5.08. The van der Waals surface area contributed by atoms with E-state index in [9.17, 15) is 33.0 Å². The van der Waals surface area contributed by atoms with Crippen molar-refractivity contribution in [1.82, 2.24) is 4.98 Å². The number of carboxylic acids is 1. The van der Waals surface area contributed by atoms with Crippen LogP contribution in [0.15, 0.2) is 48.5 Å². The van der Waals surface area contributed by atoms with E-state index < -0.39 is 18.0 Å². The fourth-order valence-electron chi connectivity index (χ4n) is 2.41. The van der Waals surface area contributed by atoms with Gasteiger partial charge in [0.1, 0.15) is 23.3 Å². The molecule has 0 fully saturated rings. The van der Waals surface area contributed by atoms with Gasteiger partial charge in [-0.3, -0.25) is 0 Å². The molecule has 1 heterocycles. The molecule has 0 saturated heterocycles. The standard InChI is InChI=1S/C18H12FN3O2.C2HF3O2/c19-14-4-2-1-3-11(14)12-8-15(22-18(21)13(12)9-20)10-5-6-16(23)17(24)7-10;3-2(4,5)1(6)7/h1-8,23-24H,(H2,21,22);(H,6,7). The van der Waals surface area contributed by atoms with Crippen LogP contribution in [-0.4, -0.2) is 32.4 Å². The fraction of sp³-hybridized carbons (Fsp3) is 0.0500. The Hall–Kier alpha value is -4.33. The van der Waals surface area contributed by atoms with E-state index >= 15 is 0 Å². The molecule has 0 radical (unpaired) electrons. The minimum atomic E-state index is -5.08. The topological polar surface area (TPSA) is 140 Å². The summed E-state index contributed by atoms with van der Waals surface area (Å²) in [5.41, 5.74) is 7.29. The largest absolute Gasteiger partial charge is 0.504 e. The Kier molecular flexibility index (Phi) is 6.66. The molecule has 0 atom stereocenters. The third kappa shape index (κ3) is 5.39. The molecule has 0 aliphatic carbocycles. The average Bonchev–Trinajstić information content (AvgIpc) is 2.69. The van der Waals surface area contributed by atoms with Crippen LogP contribution in [0.2, 0.25) is 0 Å². The number of aromatic hydroxyl groups is 2. The molecule has 2 aromatic carbocycles. The van der Waals surface area contributed by atoms with E-state index in [4.69, 9.17) is 15.6 Å². The van der Waals surface area contributed by atoms with Crippen molar-refractivity contribution in [2.75, 3.05) is 5.73 Å². The summed E-state index contributed by atoms with van der Waals surface area (Å²) in [6, 6.07) is 13.7. The number of phenols is 2. The van der Waals surface area contributed by atoms with Gasteiger partial charge in [0.2, 0.25) is 0 Å². The average molecular weight is 435 g/mol. The lowest BCUT2D eigenvalue weighted by Crippen LogP contribution is -2.21. The van der Waals surface area contributed by atoms with Crippen LogP contribution in [0, 0.1) is 17.1 Å². The number of benzene rings is 2. The lowest BCUT2D eigenvalue weighted by atomic mass is 9.98. The molecule has 7 nitrogen and oxygen atoms in total. The Morgan fingerprint density at radius 1 is 1.03 bits per heavy atom. The Balaban J connectivity index is 0.000000423. The van der Waals surface area contributed by atoms with Gasteiger partial charge < -0.3 is 21.1 Å². The van der Waals surface area contributed by atoms with Gasteiger partial charge in [0, 0.05) is 16.7 Å². The van der Waals surface area contributed by atoms with E-state index in [0.29, 0.717) is 16.8 Å². The van der Waals surface area contributed by atoms with Crippen LogP contribution in [0.25, 0.3) is 22.4 Å². The van der Waals surface area contributed by atoms with Crippen LogP contribution >= 0.6 is 0 Å². The number of aromatic nitrogens is 1. The number of alkyl halides is 3. The summed E-state index contributed by atoms with van der Waals surface area (Å²) in [5.74, 6) is -3.87. The first-order chi connectivity index (χ1) is 14.5. The first-order valence-electron chi connectivity index (χ1n) is 8.23. The number of hydrogen-bond donors (Lipinski definition) is 4. The number of carboxylic acid groups (broad SMARTS) is 1. The highest BCUT2D eigenvalue weighted by Gasteiger charge is 2.38. The van der Waals surface area contributed by atoms with Crippen molar-refractivity contribution >= 4 is 11.8 Å². The van der Waals surface area contributed by atoms with E-state index in [0.717, 1.165) is 0 Å². The van der Waals surface area contributed by atoms with Crippen LogP contribution < -0.4 is 5.73 Å². The van der Waals surface area contributed by atoms with Gasteiger partial charge in [0.25, 0.3) is 0 Å². The molecule has 5 N–H and O–H groups in total. The van der Waals surface area contributed by atoms with Crippen LogP contribution in [0.1, 0.15) is 5.56 Å². The number of nitrogens with zero attached hydrogens (tertiary/aromatic N) is 2. The minimum absolute atomic E-state index is 0.0409. The first kappa shape index (κ1) is 23.0. The van der Waals surface area contributed by atoms with Crippen LogP contribution in [0.3, 0.4) is 0 Å². The van der Waals surface area contributed by atoms with Crippen molar-refractivity contribution < 1.29 is 37.7 Å². The van der Waals surface area contributed by atoms with Gasteiger partial charge in [-0.1, -0.05) is 18.2 Å². The van der Waals surface area contributed by atoms with Gasteiger partial charge in [-0.2, -0.15) is 18.4 Å². The molecular formula is C20H13F4N3O4. The maximum absolute atomic E-state index is 14.1. The second-order valence-corrected chi connectivity index (χ2v) is 5.91. The SMILES string of the molecule is N#Cc1c(-c2ccccc2F)cc(-c2ccc(O)c(O)c2)nc1N.O=C(O)C(F)(F)F. The summed E-state index contributed by atoms with van der Waals surface area (Å²) >= 11 is 0. The number of halogens is 4. The Morgan fingerprint density at radius 2 is 1.65 bits per heavy atom. The summed E-state index contributed by atoms with van der Waals surface area (Å²) in [5, 5.41) is 35.5. The first-order valence-corrected chi connectivity index (χ1v) is 8.23. The van der Waals surface area contributed by atoms with Crippen LogP contribution in [0.5, 0.6) is 11.5 Å². The zero-order valence-electron chi connectivity index (χ0n) is 15.4. The number of pyridine rings is 1. The molecule has 160 valence electrons. The monoisotopic (exact) mass is 435 g/mol. The van der Waals surface area contributed by atoms with Crippen molar-refractivity contribution in [1.29, 1.82) is 5.26 Å². The maximum atomic E-state index is 14.1. The lowest BCUT2D eigenvalue weighted by Gasteiger charge is -2.11. The molecule has 31 heavy (non-hydrogen) atoms. The number of carbonyl (C=O) groups is 1. The molecule has 0 saturated carbocycles. The number of hydrogen-bond acceptors (Lipinski definition) is 6. The molecular weight excluding hydrogens is 422 g/mol. The molecule has 0 amide bonds. The van der Waals surface area contributed by atoms with Gasteiger partial charge in [-0.15, -0.1) is 0 Å². The molecule has 3 rings (SSSR count). The highest BCUT2D eigenvalue weighted by atomic mass is 19.4. The zero-order chi connectivity index (χ0) is 23.3. The molecule has 0 aliphatic heterocycles. The van der Waals surface area contributed by atoms with Crippen molar-refractivity contribution in [2.24, 2.45) is 0 Å². The van der Waals surface area contributed by atoms with Crippen molar-refractivity contribution in [3.63, 3.8) is 0 Å². The summed E-state index contributed by atoms with van der Waals surface area (Å²) in [6.45, 7) is 0. The molecule has 3 aromatic rings. The van der Waals surface area contributed by atoms with E-state index in [1.165, 1.54) is 30.3 Å².